The van der Waals surface area contributed by atoms with Crippen molar-refractivity contribution in [3.05, 3.63) is 53.5 Å². The number of nitrogens with zero attached hydrogens (tertiary/aromatic N) is 5. The summed E-state index contributed by atoms with van der Waals surface area (Å²) in [6.45, 7) is 4.95. The molecule has 0 bridgehead atoms. The Morgan fingerprint density at radius 2 is 1.87 bits per heavy atom. The number of carbonyl (C=O) groups excluding carboxylic acids is 1. The molecule has 3 saturated heterocycles. The van der Waals surface area contributed by atoms with E-state index in [1.165, 1.54) is 12.1 Å². The van der Waals surface area contributed by atoms with Crippen LogP contribution in [0.15, 0.2) is 30.5 Å². The van der Waals surface area contributed by atoms with Gasteiger partial charge in [0.05, 0.1) is 11.5 Å². The minimum absolute atomic E-state index is 0.0891. The van der Waals surface area contributed by atoms with E-state index in [4.69, 9.17) is 0 Å². The Bertz CT molecular complexity index is 956. The van der Waals surface area contributed by atoms with Gasteiger partial charge in [0.15, 0.2) is 0 Å². The number of hydrogen-bond acceptors (Lipinski definition) is 5. The molecular weight excluding hydrogens is 388 g/mol. The molecule has 3 aliphatic rings. The molecule has 1 amide bonds. The number of hydrazine groups is 1. The molecule has 3 fully saturated rings. The van der Waals surface area contributed by atoms with Crippen LogP contribution in [0.2, 0.25) is 0 Å². The van der Waals surface area contributed by atoms with Crippen LogP contribution in [0.25, 0.3) is 0 Å². The molecule has 8 heteroatoms. The second-order valence-corrected chi connectivity index (χ2v) is 8.50. The molecule has 0 unspecified atom stereocenters. The molecule has 1 aromatic heterocycles. The molecule has 3 aliphatic heterocycles. The lowest BCUT2D eigenvalue weighted by molar-refractivity contribution is -0.143. The van der Waals surface area contributed by atoms with Crippen LogP contribution in [0.5, 0.6) is 0 Å². The van der Waals surface area contributed by atoms with Gasteiger partial charge in [0, 0.05) is 44.9 Å². The molecule has 2 aromatic rings. The van der Waals surface area contributed by atoms with Gasteiger partial charge in [0.2, 0.25) is 5.91 Å². The Kier molecular flexibility index (Phi) is 4.69. The molecule has 6 nitrogen and oxygen atoms in total. The van der Waals surface area contributed by atoms with Gasteiger partial charge < -0.3 is 4.90 Å². The number of rotatable bonds is 3. The first-order valence-electron chi connectivity index (χ1n) is 10.6. The Labute approximate surface area is 174 Å². The minimum Gasteiger partial charge on any atom is -0.356 e. The second kappa shape index (κ2) is 7.27. The lowest BCUT2D eigenvalue weighted by Gasteiger charge is -2.38. The van der Waals surface area contributed by atoms with Gasteiger partial charge in [-0.3, -0.25) is 9.80 Å². The van der Waals surface area contributed by atoms with E-state index in [1.807, 2.05) is 13.0 Å². The summed E-state index contributed by atoms with van der Waals surface area (Å²) in [6.07, 6.45) is 4.76. The molecule has 4 heterocycles. The van der Waals surface area contributed by atoms with Gasteiger partial charge in [0.1, 0.15) is 23.3 Å². The number of aromatic nitrogens is 2. The van der Waals surface area contributed by atoms with Crippen molar-refractivity contribution in [1.82, 2.24) is 20.0 Å². The number of carbonyl (C=O) groups is 1. The fourth-order valence-electron chi connectivity index (χ4n) is 5.13. The molecular formula is C22H25F2N5O. The van der Waals surface area contributed by atoms with Crippen LogP contribution in [0.3, 0.4) is 0 Å². The largest absolute Gasteiger partial charge is 0.356 e. The smallest absolute Gasteiger partial charge is 0.245 e. The maximum Gasteiger partial charge on any atom is 0.245 e. The first-order valence-corrected chi connectivity index (χ1v) is 10.6. The molecule has 0 aliphatic carbocycles. The summed E-state index contributed by atoms with van der Waals surface area (Å²) in [7, 11) is 0. The van der Waals surface area contributed by atoms with Crippen molar-refractivity contribution in [2.75, 3.05) is 31.1 Å². The summed E-state index contributed by atoms with van der Waals surface area (Å²) in [6, 6.07) is 5.19. The predicted molar refractivity (Wildman–Crippen MR) is 107 cm³/mol. The Morgan fingerprint density at radius 3 is 2.57 bits per heavy atom. The van der Waals surface area contributed by atoms with Gasteiger partial charge in [-0.25, -0.2) is 23.8 Å². The number of benzene rings is 1. The van der Waals surface area contributed by atoms with Gasteiger partial charge in [0.25, 0.3) is 0 Å². The zero-order valence-corrected chi connectivity index (χ0v) is 17.0. The summed E-state index contributed by atoms with van der Waals surface area (Å²) in [4.78, 5) is 24.6. The average molecular weight is 413 g/mol. The molecule has 5 rings (SSSR count). The van der Waals surface area contributed by atoms with E-state index in [2.05, 4.69) is 19.9 Å². The zero-order chi connectivity index (χ0) is 20.9. The first kappa shape index (κ1) is 19.4. The van der Waals surface area contributed by atoms with Crippen molar-refractivity contribution in [3.8, 4) is 0 Å². The number of hydrogen-bond donors (Lipinski definition) is 0. The maximum atomic E-state index is 13.8. The van der Waals surface area contributed by atoms with Gasteiger partial charge in [-0.1, -0.05) is 6.92 Å². The first-order chi connectivity index (χ1) is 14.5. The molecule has 0 saturated carbocycles. The molecule has 0 N–H and O–H groups in total. The van der Waals surface area contributed by atoms with Crippen molar-refractivity contribution in [2.45, 2.75) is 38.6 Å². The third-order valence-corrected chi connectivity index (χ3v) is 6.73. The SMILES string of the molecule is CCc1nccc(N2CCC3(CC2)CN2CC[C@@H](c4cc(F)cc(F)c4)N2C3=O)n1. The number of amides is 1. The van der Waals surface area contributed by atoms with Crippen LogP contribution in [0.4, 0.5) is 14.6 Å². The molecule has 0 radical (unpaired) electrons. The minimum atomic E-state index is -0.602. The number of halogens is 2. The molecule has 1 atom stereocenters. The van der Waals surface area contributed by atoms with Crippen LogP contribution in [0.1, 0.15) is 43.6 Å². The summed E-state index contributed by atoms with van der Waals surface area (Å²) in [5.74, 6) is 0.618. The van der Waals surface area contributed by atoms with Crippen LogP contribution in [-0.4, -0.2) is 52.1 Å². The lowest BCUT2D eigenvalue weighted by Crippen LogP contribution is -2.46. The van der Waals surface area contributed by atoms with Crippen LogP contribution in [-0.2, 0) is 11.2 Å². The van der Waals surface area contributed by atoms with Gasteiger partial charge in [-0.2, -0.15) is 0 Å². The van der Waals surface area contributed by atoms with Crippen molar-refractivity contribution < 1.29 is 13.6 Å². The van der Waals surface area contributed by atoms with Crippen molar-refractivity contribution >= 4 is 11.7 Å². The predicted octanol–water partition coefficient (Wildman–Crippen LogP) is 3.11. The van der Waals surface area contributed by atoms with E-state index in [1.54, 1.807) is 11.2 Å². The highest BCUT2D eigenvalue weighted by Gasteiger charge is 2.56. The summed E-state index contributed by atoms with van der Waals surface area (Å²) in [5.41, 5.74) is 0.104. The number of aryl methyl sites for hydroxylation is 1. The van der Waals surface area contributed by atoms with E-state index in [0.29, 0.717) is 18.5 Å². The molecule has 30 heavy (non-hydrogen) atoms. The van der Waals surface area contributed by atoms with Crippen molar-refractivity contribution in [3.63, 3.8) is 0 Å². The molecule has 1 spiro atoms. The highest BCUT2D eigenvalue weighted by Crippen LogP contribution is 2.47. The fourth-order valence-corrected chi connectivity index (χ4v) is 5.13. The standard InChI is InChI=1S/C22H25F2N5O/c1-2-19-25-7-3-20(26-19)27-9-5-22(6-10-27)14-28-8-4-18(29(28)21(22)30)15-11-16(23)13-17(24)12-15/h3,7,11-13,18H,2,4-6,8-10,14H2,1H3/t18-/m0/s1. The third-order valence-electron chi connectivity index (χ3n) is 6.73. The maximum absolute atomic E-state index is 13.8. The zero-order valence-electron chi connectivity index (χ0n) is 17.0. The normalized spacial score (nSPS) is 23.4. The van der Waals surface area contributed by atoms with Crippen molar-refractivity contribution in [2.24, 2.45) is 5.41 Å². The van der Waals surface area contributed by atoms with Crippen molar-refractivity contribution in [1.29, 1.82) is 0 Å². The number of piperidine rings is 1. The highest BCUT2D eigenvalue weighted by atomic mass is 19.1. The third kappa shape index (κ3) is 3.14. The van der Waals surface area contributed by atoms with Gasteiger partial charge in [-0.15, -0.1) is 0 Å². The van der Waals surface area contributed by atoms with Crippen LogP contribution in [0, 0.1) is 17.0 Å². The summed E-state index contributed by atoms with van der Waals surface area (Å²) >= 11 is 0. The fraction of sp³-hybridized carbons (Fsp3) is 0.500. The average Bonchev–Trinajstić information content (AvgIpc) is 3.26. The monoisotopic (exact) mass is 413 g/mol. The van der Waals surface area contributed by atoms with Gasteiger partial charge >= 0.3 is 0 Å². The molecule has 158 valence electrons. The van der Waals surface area contributed by atoms with E-state index < -0.39 is 17.0 Å². The van der Waals surface area contributed by atoms with E-state index in [0.717, 1.165) is 56.6 Å². The number of anilines is 1. The van der Waals surface area contributed by atoms with Crippen LogP contribution < -0.4 is 4.90 Å². The second-order valence-electron chi connectivity index (χ2n) is 8.50. The lowest BCUT2D eigenvalue weighted by atomic mass is 9.77. The Hall–Kier alpha value is -2.61. The van der Waals surface area contributed by atoms with Crippen LogP contribution >= 0.6 is 0 Å². The van der Waals surface area contributed by atoms with Gasteiger partial charge in [-0.05, 0) is 43.0 Å². The van der Waals surface area contributed by atoms with E-state index >= 15 is 0 Å². The quantitative estimate of drug-likeness (QED) is 0.774. The Morgan fingerprint density at radius 1 is 1.13 bits per heavy atom. The highest BCUT2D eigenvalue weighted by molar-refractivity contribution is 5.85. The Balaban J connectivity index is 1.33. The van der Waals surface area contributed by atoms with E-state index in [-0.39, 0.29) is 11.9 Å². The van der Waals surface area contributed by atoms with E-state index in [9.17, 15) is 13.6 Å². The topological polar surface area (TPSA) is 52.6 Å². The molecule has 1 aromatic carbocycles. The number of fused-ring (bicyclic) bond motifs is 1. The summed E-state index contributed by atoms with van der Waals surface area (Å²) in [5, 5.41) is 3.84. The summed E-state index contributed by atoms with van der Waals surface area (Å²) < 4.78 is 27.5.